The Morgan fingerprint density at radius 1 is 1.29 bits per heavy atom. The van der Waals surface area contributed by atoms with E-state index >= 15 is 0 Å². The van der Waals surface area contributed by atoms with Crippen LogP contribution in [0.1, 0.15) is 27.9 Å². The molecule has 0 aliphatic carbocycles. The van der Waals surface area contributed by atoms with Gasteiger partial charge in [-0.05, 0) is 30.7 Å². The average Bonchev–Trinajstić information content (AvgIpc) is 3.03. The van der Waals surface area contributed by atoms with E-state index in [-0.39, 0.29) is 12.0 Å². The number of aryl methyl sites for hydroxylation is 1. The summed E-state index contributed by atoms with van der Waals surface area (Å²) in [6.45, 7) is 2.43. The molecular formula is C19H19FN2O2. The molecule has 1 atom stereocenters. The highest BCUT2D eigenvalue weighted by Gasteiger charge is 2.25. The van der Waals surface area contributed by atoms with Crippen LogP contribution >= 0.6 is 0 Å². The Morgan fingerprint density at radius 3 is 2.75 bits per heavy atom. The average molecular weight is 326 g/mol. The largest absolute Gasteiger partial charge is 0.390 e. The van der Waals surface area contributed by atoms with Gasteiger partial charge < -0.3 is 9.74 Å². The molecule has 2 aromatic carbocycles. The van der Waals surface area contributed by atoms with Gasteiger partial charge in [0.15, 0.2) is 6.10 Å². The van der Waals surface area contributed by atoms with E-state index in [4.69, 9.17) is 4.84 Å². The molecule has 1 heterocycles. The number of nitrogens with zero attached hydrogens (tertiary/aromatic N) is 2. The van der Waals surface area contributed by atoms with Crippen LogP contribution in [0.15, 0.2) is 53.7 Å². The van der Waals surface area contributed by atoms with Crippen molar-refractivity contribution in [1.82, 2.24) is 4.90 Å². The monoisotopic (exact) mass is 326 g/mol. The molecule has 1 amide bonds. The van der Waals surface area contributed by atoms with E-state index in [0.717, 1.165) is 11.3 Å². The number of carbonyl (C=O) groups is 1. The second kappa shape index (κ2) is 6.83. The molecule has 0 aromatic heterocycles. The van der Waals surface area contributed by atoms with Crippen LogP contribution in [0.3, 0.4) is 0 Å². The Balaban J connectivity index is 1.59. The first kappa shape index (κ1) is 16.2. The summed E-state index contributed by atoms with van der Waals surface area (Å²) in [5.41, 5.74) is 3.43. The maximum absolute atomic E-state index is 13.2. The molecule has 0 bridgehead atoms. The summed E-state index contributed by atoms with van der Waals surface area (Å²) in [7, 11) is 1.68. The van der Waals surface area contributed by atoms with Crippen molar-refractivity contribution >= 4 is 11.6 Å². The third kappa shape index (κ3) is 3.62. The molecule has 1 aliphatic heterocycles. The number of halogens is 1. The smallest absolute Gasteiger partial charge is 0.253 e. The van der Waals surface area contributed by atoms with Gasteiger partial charge in [0.05, 0.1) is 12.3 Å². The summed E-state index contributed by atoms with van der Waals surface area (Å²) in [5.74, 6) is -0.654. The third-order valence-electron chi connectivity index (χ3n) is 4.01. The minimum atomic E-state index is -0.420. The number of carbonyl (C=O) groups excluding carboxylic acids is 1. The number of hydrogen-bond donors (Lipinski definition) is 0. The zero-order valence-corrected chi connectivity index (χ0v) is 13.7. The van der Waals surface area contributed by atoms with Gasteiger partial charge in [-0.2, -0.15) is 0 Å². The first-order valence-corrected chi connectivity index (χ1v) is 7.83. The second-order valence-corrected chi connectivity index (χ2v) is 6.03. The van der Waals surface area contributed by atoms with Crippen molar-refractivity contribution in [3.8, 4) is 0 Å². The number of oxime groups is 1. The fourth-order valence-electron chi connectivity index (χ4n) is 2.67. The second-order valence-electron chi connectivity index (χ2n) is 6.03. The molecule has 5 heteroatoms. The van der Waals surface area contributed by atoms with Crippen LogP contribution in [0, 0.1) is 12.7 Å². The predicted octanol–water partition coefficient (Wildman–Crippen LogP) is 3.40. The topological polar surface area (TPSA) is 41.9 Å². The van der Waals surface area contributed by atoms with Gasteiger partial charge in [-0.3, -0.25) is 4.79 Å². The van der Waals surface area contributed by atoms with Gasteiger partial charge in [0.1, 0.15) is 5.82 Å². The van der Waals surface area contributed by atoms with Gasteiger partial charge in [-0.1, -0.05) is 41.1 Å². The minimum Gasteiger partial charge on any atom is -0.390 e. The lowest BCUT2D eigenvalue weighted by molar-refractivity contribution is 0.0482. The lowest BCUT2D eigenvalue weighted by atomic mass is 10.0. The Hall–Kier alpha value is -2.69. The number of amides is 1. The summed E-state index contributed by atoms with van der Waals surface area (Å²) in [6, 6.07) is 13.8. The molecular weight excluding hydrogens is 307 g/mol. The number of rotatable bonds is 4. The van der Waals surface area contributed by atoms with Gasteiger partial charge >= 0.3 is 0 Å². The number of benzene rings is 2. The first-order valence-electron chi connectivity index (χ1n) is 7.83. The molecule has 124 valence electrons. The molecule has 0 radical (unpaired) electrons. The third-order valence-corrected chi connectivity index (χ3v) is 4.01. The lowest BCUT2D eigenvalue weighted by Crippen LogP contribution is -2.34. The number of likely N-dealkylation sites (N-methyl/N-ethyl adjacent to an activating group) is 1. The van der Waals surface area contributed by atoms with Crippen LogP contribution in [0.25, 0.3) is 0 Å². The van der Waals surface area contributed by atoms with E-state index in [0.29, 0.717) is 18.5 Å². The SMILES string of the molecule is Cc1ccc(C2=NOC(CN(C)C(=O)c3cccc(F)c3)C2)cc1. The first-order chi connectivity index (χ1) is 11.5. The van der Waals surface area contributed by atoms with Gasteiger partial charge in [-0.15, -0.1) is 0 Å². The summed E-state index contributed by atoms with van der Waals surface area (Å²) in [6.07, 6.45) is 0.452. The minimum absolute atomic E-state index is 0.191. The van der Waals surface area contributed by atoms with E-state index in [1.165, 1.54) is 28.7 Å². The summed E-state index contributed by atoms with van der Waals surface area (Å²) < 4.78 is 13.2. The van der Waals surface area contributed by atoms with E-state index in [2.05, 4.69) is 5.16 Å². The molecule has 0 saturated carbocycles. The molecule has 2 aromatic rings. The van der Waals surface area contributed by atoms with Gasteiger partial charge in [0.2, 0.25) is 0 Å². The van der Waals surface area contributed by atoms with Crippen LogP contribution in [0.2, 0.25) is 0 Å². The molecule has 0 saturated heterocycles. The van der Waals surface area contributed by atoms with Crippen molar-refractivity contribution in [3.63, 3.8) is 0 Å². The maximum Gasteiger partial charge on any atom is 0.253 e. The molecule has 0 spiro atoms. The quantitative estimate of drug-likeness (QED) is 0.864. The van der Waals surface area contributed by atoms with Crippen molar-refractivity contribution in [2.75, 3.05) is 13.6 Å². The van der Waals surface area contributed by atoms with Crippen LogP contribution in [0.5, 0.6) is 0 Å². The fraction of sp³-hybridized carbons (Fsp3) is 0.263. The summed E-state index contributed by atoms with van der Waals surface area (Å²) in [4.78, 5) is 19.3. The van der Waals surface area contributed by atoms with Crippen molar-refractivity contribution in [2.24, 2.45) is 5.16 Å². The Bertz CT molecular complexity index is 771. The Kier molecular flexibility index (Phi) is 4.60. The molecule has 0 fully saturated rings. The van der Waals surface area contributed by atoms with Crippen molar-refractivity contribution in [3.05, 3.63) is 71.0 Å². The van der Waals surface area contributed by atoms with Crippen LogP contribution in [-0.4, -0.2) is 36.2 Å². The number of hydrogen-bond acceptors (Lipinski definition) is 3. The molecule has 3 rings (SSSR count). The predicted molar refractivity (Wildman–Crippen MR) is 90.6 cm³/mol. The van der Waals surface area contributed by atoms with E-state index in [1.807, 2.05) is 31.2 Å². The molecule has 1 aliphatic rings. The highest BCUT2D eigenvalue weighted by atomic mass is 19.1. The molecule has 24 heavy (non-hydrogen) atoms. The highest BCUT2D eigenvalue weighted by molar-refractivity contribution is 6.01. The van der Waals surface area contributed by atoms with Gasteiger partial charge in [-0.25, -0.2) is 4.39 Å². The van der Waals surface area contributed by atoms with Crippen molar-refractivity contribution in [1.29, 1.82) is 0 Å². The van der Waals surface area contributed by atoms with Gasteiger partial charge in [0.25, 0.3) is 5.91 Å². The van der Waals surface area contributed by atoms with E-state index in [1.54, 1.807) is 13.1 Å². The summed E-state index contributed by atoms with van der Waals surface area (Å²) in [5, 5.41) is 4.13. The van der Waals surface area contributed by atoms with Crippen LogP contribution in [-0.2, 0) is 4.84 Å². The van der Waals surface area contributed by atoms with Crippen LogP contribution in [0.4, 0.5) is 4.39 Å². The van der Waals surface area contributed by atoms with Gasteiger partial charge in [0, 0.05) is 19.0 Å². The molecule has 0 N–H and O–H groups in total. The zero-order chi connectivity index (χ0) is 17.1. The highest BCUT2D eigenvalue weighted by Crippen LogP contribution is 2.18. The fourth-order valence-corrected chi connectivity index (χ4v) is 2.67. The normalized spacial score (nSPS) is 16.5. The van der Waals surface area contributed by atoms with Crippen molar-refractivity contribution < 1.29 is 14.0 Å². The van der Waals surface area contributed by atoms with E-state index < -0.39 is 5.82 Å². The van der Waals surface area contributed by atoms with Crippen LogP contribution < -0.4 is 0 Å². The maximum atomic E-state index is 13.2. The van der Waals surface area contributed by atoms with Crippen molar-refractivity contribution in [2.45, 2.75) is 19.4 Å². The lowest BCUT2D eigenvalue weighted by Gasteiger charge is -2.20. The zero-order valence-electron chi connectivity index (χ0n) is 13.7. The Labute approximate surface area is 140 Å². The molecule has 1 unspecified atom stereocenters. The summed E-state index contributed by atoms with van der Waals surface area (Å²) >= 11 is 0. The van der Waals surface area contributed by atoms with E-state index in [9.17, 15) is 9.18 Å². The standard InChI is InChI=1S/C19H19FN2O2/c1-13-6-8-14(9-7-13)18-11-17(24-21-18)12-22(2)19(23)15-4-3-5-16(20)10-15/h3-10,17H,11-12H2,1-2H3. The Morgan fingerprint density at radius 2 is 2.04 bits per heavy atom. The molecule has 4 nitrogen and oxygen atoms in total.